The first-order valence-electron chi connectivity index (χ1n) is 10.7. The van der Waals surface area contributed by atoms with Crippen LogP contribution in [-0.2, 0) is 4.74 Å². The van der Waals surface area contributed by atoms with E-state index < -0.39 is 0 Å². The lowest BCUT2D eigenvalue weighted by molar-refractivity contribution is 0.0995. The minimum Gasteiger partial charge on any atom is -0.489 e. The van der Waals surface area contributed by atoms with E-state index in [4.69, 9.17) is 21.1 Å². The smallest absolute Gasteiger partial charge is 0.409 e. The van der Waals surface area contributed by atoms with Crippen molar-refractivity contribution in [2.45, 2.75) is 64.0 Å². The highest BCUT2D eigenvalue weighted by Crippen LogP contribution is 2.26. The Balaban J connectivity index is 0.000000222. The quantitative estimate of drug-likeness (QED) is 0.517. The number of nitrogens with zero attached hydrogens (tertiary/aromatic N) is 3. The molecule has 1 amide bonds. The van der Waals surface area contributed by atoms with E-state index >= 15 is 0 Å². The van der Waals surface area contributed by atoms with Crippen molar-refractivity contribution in [2.75, 3.05) is 27.2 Å². The van der Waals surface area contributed by atoms with E-state index in [1.54, 1.807) is 19.0 Å². The molecule has 0 spiro atoms. The molecule has 8 nitrogen and oxygen atoms in total. The highest BCUT2D eigenvalue weighted by Gasteiger charge is 2.30. The summed E-state index contributed by atoms with van der Waals surface area (Å²) in [6, 6.07) is 4.22. The molecular weight excluding hydrogens is 382 g/mol. The van der Waals surface area contributed by atoms with Gasteiger partial charge in [-0.15, -0.1) is 0 Å². The van der Waals surface area contributed by atoms with Crippen molar-refractivity contribution in [3.05, 3.63) is 30.1 Å². The Morgan fingerprint density at radius 1 is 1.20 bits per heavy atom. The van der Waals surface area contributed by atoms with Crippen LogP contribution in [0.5, 0.6) is 5.75 Å². The van der Waals surface area contributed by atoms with Crippen molar-refractivity contribution in [1.29, 1.82) is 0 Å². The number of rotatable bonds is 7. The van der Waals surface area contributed by atoms with Crippen LogP contribution in [0.25, 0.3) is 5.70 Å². The van der Waals surface area contributed by atoms with E-state index in [1.165, 1.54) is 24.3 Å². The second-order valence-corrected chi connectivity index (χ2v) is 8.12. The number of ether oxygens (including phenoxy) is 2. The van der Waals surface area contributed by atoms with Gasteiger partial charge < -0.3 is 20.1 Å². The normalized spacial score (nSPS) is 16.4. The molecule has 0 radical (unpaired) electrons. The maximum atomic E-state index is 11.3. The second kappa shape index (κ2) is 11.8. The number of hydrogen-bond acceptors (Lipinski definition) is 7. The van der Waals surface area contributed by atoms with Crippen molar-refractivity contribution >= 4 is 11.8 Å². The topological polar surface area (TPSA) is 107 Å². The predicted molar refractivity (Wildman–Crippen MR) is 119 cm³/mol. The summed E-state index contributed by atoms with van der Waals surface area (Å²) in [7, 11) is 3.50. The third-order valence-electron chi connectivity index (χ3n) is 5.26. The molecule has 1 heterocycles. The first-order chi connectivity index (χ1) is 14.3. The summed E-state index contributed by atoms with van der Waals surface area (Å²) in [4.78, 5) is 17.3. The van der Waals surface area contributed by atoms with E-state index in [0.29, 0.717) is 31.0 Å². The van der Waals surface area contributed by atoms with E-state index in [0.717, 1.165) is 42.8 Å². The van der Waals surface area contributed by atoms with Crippen molar-refractivity contribution in [3.63, 3.8) is 0 Å². The number of carbonyl (C=O) groups excluding carboxylic acids is 1. The maximum absolute atomic E-state index is 11.3. The van der Waals surface area contributed by atoms with Crippen LogP contribution >= 0.6 is 0 Å². The Bertz CT molecular complexity index is 700. The van der Waals surface area contributed by atoms with Crippen LogP contribution in [0.3, 0.4) is 0 Å². The van der Waals surface area contributed by atoms with E-state index in [2.05, 4.69) is 11.6 Å². The monoisotopic (exact) mass is 419 g/mol. The van der Waals surface area contributed by atoms with Gasteiger partial charge in [-0.3, -0.25) is 5.84 Å². The fourth-order valence-electron chi connectivity index (χ4n) is 3.20. The lowest BCUT2D eigenvalue weighted by Crippen LogP contribution is -2.34. The summed E-state index contributed by atoms with van der Waals surface area (Å²) in [6.45, 7) is 6.55. The first kappa shape index (κ1) is 24.0. The number of aromatic nitrogens is 1. The van der Waals surface area contributed by atoms with Crippen LogP contribution in [0.2, 0.25) is 0 Å². The van der Waals surface area contributed by atoms with Crippen LogP contribution in [0, 0.1) is 6.92 Å². The van der Waals surface area contributed by atoms with Crippen molar-refractivity contribution < 1.29 is 14.3 Å². The number of hydrazine groups is 1. The molecule has 4 N–H and O–H groups in total. The van der Waals surface area contributed by atoms with Crippen LogP contribution < -0.4 is 16.3 Å². The van der Waals surface area contributed by atoms with Gasteiger partial charge in [-0.05, 0) is 57.6 Å². The number of hydrogen-bond donors (Lipinski definition) is 2. The summed E-state index contributed by atoms with van der Waals surface area (Å²) < 4.78 is 11.0. The van der Waals surface area contributed by atoms with Gasteiger partial charge >= 0.3 is 6.09 Å². The van der Waals surface area contributed by atoms with Crippen LogP contribution in [0.4, 0.5) is 4.79 Å². The van der Waals surface area contributed by atoms with Crippen molar-refractivity contribution in [3.8, 4) is 5.75 Å². The zero-order chi connectivity index (χ0) is 22.1. The number of likely N-dealkylation sites (N-methyl/N-ethyl adjacent to an activating group) is 1. The third kappa shape index (κ3) is 8.20. The first-order valence-corrected chi connectivity index (χ1v) is 10.7. The molecule has 2 fully saturated rings. The van der Waals surface area contributed by atoms with Crippen LogP contribution in [0.15, 0.2) is 18.7 Å². The molecule has 0 aromatic carbocycles. The van der Waals surface area contributed by atoms with Crippen molar-refractivity contribution in [2.24, 2.45) is 11.6 Å². The molecule has 8 heteroatoms. The third-order valence-corrected chi connectivity index (χ3v) is 5.26. The molecule has 0 bridgehead atoms. The molecule has 2 saturated carbocycles. The highest BCUT2D eigenvalue weighted by molar-refractivity contribution is 5.68. The summed E-state index contributed by atoms with van der Waals surface area (Å²) >= 11 is 0. The SMILES string of the molecule is C=C(N)c1ccc(OC2CCCCC2)c(C)n1.CN(N)CCOC(=O)N(C)C1CC1. The van der Waals surface area contributed by atoms with Gasteiger partial charge in [0.2, 0.25) is 0 Å². The predicted octanol–water partition coefficient (Wildman–Crippen LogP) is 3.05. The highest BCUT2D eigenvalue weighted by atomic mass is 16.6. The molecule has 1 aromatic rings. The Morgan fingerprint density at radius 2 is 1.87 bits per heavy atom. The minimum atomic E-state index is -0.246. The lowest BCUT2D eigenvalue weighted by atomic mass is 9.98. The molecule has 0 saturated heterocycles. The van der Waals surface area contributed by atoms with Crippen LogP contribution in [-0.4, -0.2) is 60.4 Å². The van der Waals surface area contributed by atoms with Gasteiger partial charge in [-0.25, -0.2) is 14.8 Å². The van der Waals surface area contributed by atoms with E-state index in [-0.39, 0.29) is 6.09 Å². The minimum absolute atomic E-state index is 0.246. The average molecular weight is 420 g/mol. The molecular formula is C22H37N5O3. The molecule has 0 unspecified atom stereocenters. The molecule has 168 valence electrons. The molecule has 0 atom stereocenters. The van der Waals surface area contributed by atoms with Gasteiger partial charge in [0.25, 0.3) is 0 Å². The van der Waals surface area contributed by atoms with Crippen LogP contribution in [0.1, 0.15) is 56.3 Å². The number of amides is 1. The number of carbonyl (C=O) groups is 1. The average Bonchev–Trinajstić information content (AvgIpc) is 3.55. The van der Waals surface area contributed by atoms with Gasteiger partial charge in [-0.2, -0.15) is 0 Å². The zero-order valence-electron chi connectivity index (χ0n) is 18.6. The van der Waals surface area contributed by atoms with Gasteiger partial charge in [0.15, 0.2) is 0 Å². The van der Waals surface area contributed by atoms with Gasteiger partial charge in [0, 0.05) is 26.7 Å². The number of pyridine rings is 1. The zero-order valence-corrected chi connectivity index (χ0v) is 18.6. The Labute approximate surface area is 180 Å². The maximum Gasteiger partial charge on any atom is 0.409 e. The Kier molecular flexibility index (Phi) is 9.39. The summed E-state index contributed by atoms with van der Waals surface area (Å²) in [5.74, 6) is 6.23. The largest absolute Gasteiger partial charge is 0.489 e. The summed E-state index contributed by atoms with van der Waals surface area (Å²) in [5.41, 5.74) is 7.74. The fraction of sp³-hybridized carbons (Fsp3) is 0.636. The van der Waals surface area contributed by atoms with Gasteiger partial charge in [-0.1, -0.05) is 13.0 Å². The molecule has 2 aliphatic carbocycles. The molecule has 0 aliphatic heterocycles. The van der Waals surface area contributed by atoms with E-state index in [9.17, 15) is 4.79 Å². The second-order valence-electron chi connectivity index (χ2n) is 8.12. The van der Waals surface area contributed by atoms with E-state index in [1.807, 2.05) is 19.1 Å². The summed E-state index contributed by atoms with van der Waals surface area (Å²) in [6.07, 6.45) is 8.51. The lowest BCUT2D eigenvalue weighted by Gasteiger charge is -2.23. The molecule has 1 aromatic heterocycles. The molecule has 30 heavy (non-hydrogen) atoms. The Hall–Kier alpha value is -2.32. The molecule has 3 rings (SSSR count). The molecule has 2 aliphatic rings. The standard InChI is InChI=1S/C14H20N2O.C8H17N3O2/c1-10(15)13-8-9-14(11(2)16-13)17-12-6-4-3-5-7-12;1-10(9)5-6-13-8(12)11(2)7-3-4-7/h8-9,12H,1,3-7,15H2,2H3;7H,3-6,9H2,1-2H3. The van der Waals surface area contributed by atoms with Crippen molar-refractivity contribution in [1.82, 2.24) is 14.9 Å². The number of nitrogens with two attached hydrogens (primary N) is 2. The summed E-state index contributed by atoms with van der Waals surface area (Å²) in [5, 5.41) is 1.49. The fourth-order valence-corrected chi connectivity index (χ4v) is 3.20. The van der Waals surface area contributed by atoms with Gasteiger partial charge in [0.1, 0.15) is 12.4 Å². The Morgan fingerprint density at radius 3 is 2.40 bits per heavy atom. The van der Waals surface area contributed by atoms with Gasteiger partial charge in [0.05, 0.1) is 23.2 Å². The number of aryl methyl sites for hydroxylation is 1.